The van der Waals surface area contributed by atoms with Crippen LogP contribution in [0, 0.1) is 0 Å². The minimum Gasteiger partial charge on any atom is -0.508 e. The number of phenols is 1. The van der Waals surface area contributed by atoms with Gasteiger partial charge in [-0.1, -0.05) is 6.07 Å². The molecule has 0 fully saturated rings. The van der Waals surface area contributed by atoms with E-state index in [2.05, 4.69) is 4.98 Å². The molecule has 2 rings (SSSR count). The van der Waals surface area contributed by atoms with Crippen molar-refractivity contribution in [2.45, 2.75) is 6.42 Å². The summed E-state index contributed by atoms with van der Waals surface area (Å²) in [6.45, 7) is 0.594. The third-order valence-corrected chi connectivity index (χ3v) is 2.16. The van der Waals surface area contributed by atoms with E-state index < -0.39 is 0 Å². The van der Waals surface area contributed by atoms with E-state index in [1.54, 1.807) is 24.5 Å². The highest BCUT2D eigenvalue weighted by molar-refractivity contribution is 5.38. The molecule has 4 heteroatoms. The van der Waals surface area contributed by atoms with Crippen LogP contribution in [0.4, 0.5) is 0 Å². The van der Waals surface area contributed by atoms with Gasteiger partial charge in [0.2, 0.25) is 0 Å². The third-order valence-electron chi connectivity index (χ3n) is 2.16. The number of hydrogen-bond donors (Lipinski definition) is 2. The van der Waals surface area contributed by atoms with E-state index in [-0.39, 0.29) is 5.75 Å². The number of rotatable bonds is 3. The quantitative estimate of drug-likeness (QED) is 0.784. The first-order valence-electron chi connectivity index (χ1n) is 4.82. The second-order valence-electron chi connectivity index (χ2n) is 3.33. The summed E-state index contributed by atoms with van der Waals surface area (Å²) in [5.41, 5.74) is 7.30. The second kappa shape index (κ2) is 4.14. The first kappa shape index (κ1) is 9.73. The molecule has 3 N–H and O–H groups in total. The Labute approximate surface area is 88.0 Å². The Morgan fingerprint density at radius 3 is 3.00 bits per heavy atom. The molecule has 0 atom stereocenters. The smallest absolute Gasteiger partial charge is 0.117 e. The van der Waals surface area contributed by atoms with E-state index in [1.807, 2.05) is 16.8 Å². The molecule has 0 saturated heterocycles. The van der Waals surface area contributed by atoms with Crippen LogP contribution in [0.5, 0.6) is 5.75 Å². The Morgan fingerprint density at radius 1 is 1.40 bits per heavy atom. The Kier molecular flexibility index (Phi) is 2.69. The standard InChI is InChI=1S/C11H13N3O/c12-5-4-9-7-14(8-13-9)10-2-1-3-11(15)6-10/h1-3,6-8,15H,4-5,12H2. The molecule has 0 bridgehead atoms. The number of imidazole rings is 1. The number of hydrogen-bond acceptors (Lipinski definition) is 3. The molecule has 0 saturated carbocycles. The van der Waals surface area contributed by atoms with Gasteiger partial charge in [0.1, 0.15) is 5.75 Å². The van der Waals surface area contributed by atoms with Crippen molar-refractivity contribution < 1.29 is 5.11 Å². The molecular weight excluding hydrogens is 190 g/mol. The van der Waals surface area contributed by atoms with E-state index in [9.17, 15) is 5.11 Å². The molecule has 15 heavy (non-hydrogen) atoms. The summed E-state index contributed by atoms with van der Waals surface area (Å²) in [4.78, 5) is 4.21. The molecule has 0 unspecified atom stereocenters. The van der Waals surface area contributed by atoms with Gasteiger partial charge in [0, 0.05) is 18.7 Å². The second-order valence-corrected chi connectivity index (χ2v) is 3.33. The Bertz CT molecular complexity index is 451. The van der Waals surface area contributed by atoms with Crippen LogP contribution in [-0.4, -0.2) is 21.2 Å². The summed E-state index contributed by atoms with van der Waals surface area (Å²) in [5, 5.41) is 9.33. The van der Waals surface area contributed by atoms with Crippen LogP contribution >= 0.6 is 0 Å². The van der Waals surface area contributed by atoms with Crippen molar-refractivity contribution in [3.8, 4) is 11.4 Å². The van der Waals surface area contributed by atoms with Crippen molar-refractivity contribution in [1.82, 2.24) is 9.55 Å². The number of aromatic nitrogens is 2. The lowest BCUT2D eigenvalue weighted by Gasteiger charge is -2.01. The minimum absolute atomic E-state index is 0.251. The summed E-state index contributed by atoms with van der Waals surface area (Å²) in [6, 6.07) is 7.04. The number of phenolic OH excluding ortho intramolecular Hbond substituents is 1. The van der Waals surface area contributed by atoms with E-state index in [4.69, 9.17) is 5.73 Å². The normalized spacial score (nSPS) is 10.5. The summed E-state index contributed by atoms with van der Waals surface area (Å²) >= 11 is 0. The fourth-order valence-corrected chi connectivity index (χ4v) is 1.44. The fraction of sp³-hybridized carbons (Fsp3) is 0.182. The first-order valence-corrected chi connectivity index (χ1v) is 4.82. The van der Waals surface area contributed by atoms with Gasteiger partial charge in [0.25, 0.3) is 0 Å². The average molecular weight is 203 g/mol. The van der Waals surface area contributed by atoms with Crippen molar-refractivity contribution in [2.75, 3.05) is 6.54 Å². The molecule has 0 aliphatic heterocycles. The first-order chi connectivity index (χ1) is 7.29. The van der Waals surface area contributed by atoms with Gasteiger partial charge in [-0.25, -0.2) is 4.98 Å². The largest absolute Gasteiger partial charge is 0.508 e. The van der Waals surface area contributed by atoms with Gasteiger partial charge in [-0.15, -0.1) is 0 Å². The predicted octanol–water partition coefficient (Wildman–Crippen LogP) is 1.08. The molecular formula is C11H13N3O. The van der Waals surface area contributed by atoms with Gasteiger partial charge in [-0.05, 0) is 18.7 Å². The third kappa shape index (κ3) is 2.16. The molecule has 0 aliphatic rings. The van der Waals surface area contributed by atoms with Crippen LogP contribution in [0.15, 0.2) is 36.8 Å². The van der Waals surface area contributed by atoms with Crippen molar-refractivity contribution in [1.29, 1.82) is 0 Å². The Balaban J connectivity index is 2.29. The van der Waals surface area contributed by atoms with Crippen molar-refractivity contribution in [3.05, 3.63) is 42.5 Å². The highest BCUT2D eigenvalue weighted by Crippen LogP contribution is 2.15. The molecule has 0 spiro atoms. The molecule has 4 nitrogen and oxygen atoms in total. The van der Waals surface area contributed by atoms with Crippen LogP contribution in [0.1, 0.15) is 5.69 Å². The number of nitrogens with two attached hydrogens (primary N) is 1. The van der Waals surface area contributed by atoms with E-state index in [1.165, 1.54) is 0 Å². The Morgan fingerprint density at radius 2 is 2.27 bits per heavy atom. The number of benzene rings is 1. The molecule has 0 radical (unpaired) electrons. The van der Waals surface area contributed by atoms with Crippen LogP contribution in [0.3, 0.4) is 0 Å². The van der Waals surface area contributed by atoms with E-state index in [0.717, 1.165) is 17.8 Å². The maximum atomic E-state index is 9.33. The van der Waals surface area contributed by atoms with Gasteiger partial charge in [-0.2, -0.15) is 0 Å². The van der Waals surface area contributed by atoms with Crippen LogP contribution in [0.25, 0.3) is 5.69 Å². The highest BCUT2D eigenvalue weighted by Gasteiger charge is 2.00. The molecule has 2 aromatic rings. The zero-order valence-corrected chi connectivity index (χ0v) is 8.30. The molecule has 78 valence electrons. The van der Waals surface area contributed by atoms with Crippen LogP contribution < -0.4 is 5.73 Å². The van der Waals surface area contributed by atoms with Gasteiger partial charge in [0.15, 0.2) is 0 Å². The summed E-state index contributed by atoms with van der Waals surface area (Å²) < 4.78 is 1.87. The number of nitrogens with zero attached hydrogens (tertiary/aromatic N) is 2. The van der Waals surface area contributed by atoms with E-state index in [0.29, 0.717) is 6.54 Å². The van der Waals surface area contributed by atoms with Crippen molar-refractivity contribution >= 4 is 0 Å². The maximum Gasteiger partial charge on any atom is 0.117 e. The highest BCUT2D eigenvalue weighted by atomic mass is 16.3. The molecule has 0 aliphatic carbocycles. The zero-order chi connectivity index (χ0) is 10.7. The van der Waals surface area contributed by atoms with Crippen molar-refractivity contribution in [2.24, 2.45) is 5.73 Å². The maximum absolute atomic E-state index is 9.33. The lowest BCUT2D eigenvalue weighted by Crippen LogP contribution is -2.02. The van der Waals surface area contributed by atoms with Crippen molar-refractivity contribution in [3.63, 3.8) is 0 Å². The number of aromatic hydroxyl groups is 1. The Hall–Kier alpha value is -1.81. The van der Waals surface area contributed by atoms with Crippen LogP contribution in [-0.2, 0) is 6.42 Å². The van der Waals surface area contributed by atoms with Gasteiger partial charge in [-0.3, -0.25) is 0 Å². The van der Waals surface area contributed by atoms with Gasteiger partial charge < -0.3 is 15.4 Å². The summed E-state index contributed by atoms with van der Waals surface area (Å²) in [5.74, 6) is 0.251. The lowest BCUT2D eigenvalue weighted by atomic mass is 10.3. The molecule has 0 amide bonds. The molecule has 1 aromatic heterocycles. The minimum atomic E-state index is 0.251. The SMILES string of the molecule is NCCc1cn(-c2cccc(O)c2)cn1. The van der Waals surface area contributed by atoms with Gasteiger partial charge >= 0.3 is 0 Å². The van der Waals surface area contributed by atoms with E-state index >= 15 is 0 Å². The summed E-state index contributed by atoms with van der Waals surface area (Å²) in [7, 11) is 0. The molecule has 1 heterocycles. The van der Waals surface area contributed by atoms with Crippen LogP contribution in [0.2, 0.25) is 0 Å². The van der Waals surface area contributed by atoms with Gasteiger partial charge in [0.05, 0.1) is 17.7 Å². The topological polar surface area (TPSA) is 64.1 Å². The average Bonchev–Trinajstić information content (AvgIpc) is 2.67. The summed E-state index contributed by atoms with van der Waals surface area (Å²) in [6.07, 6.45) is 4.41. The fourth-order valence-electron chi connectivity index (χ4n) is 1.44. The predicted molar refractivity (Wildman–Crippen MR) is 58.0 cm³/mol. The monoisotopic (exact) mass is 203 g/mol. The lowest BCUT2D eigenvalue weighted by molar-refractivity contribution is 0.475. The molecule has 1 aromatic carbocycles. The zero-order valence-electron chi connectivity index (χ0n) is 8.30.